The SMILES string of the molecule is O=C(/C=C/c1ccccc1)N[C@H](NC(=S)Nc1ccc2ccccc2c1)C(Cl)(Cl)Cl. The number of alkyl halides is 3. The van der Waals surface area contributed by atoms with Crippen LogP contribution in [-0.2, 0) is 4.79 Å². The Morgan fingerprint density at radius 2 is 1.57 bits per heavy atom. The lowest BCUT2D eigenvalue weighted by Crippen LogP contribution is -2.55. The average molecular weight is 479 g/mol. The molecule has 3 aromatic rings. The second-order valence-electron chi connectivity index (χ2n) is 6.39. The van der Waals surface area contributed by atoms with E-state index in [9.17, 15) is 4.79 Å². The number of hydrogen-bond acceptors (Lipinski definition) is 2. The third-order valence-electron chi connectivity index (χ3n) is 4.12. The van der Waals surface area contributed by atoms with E-state index in [2.05, 4.69) is 16.0 Å². The molecule has 0 spiro atoms. The highest BCUT2D eigenvalue weighted by Crippen LogP contribution is 2.29. The van der Waals surface area contributed by atoms with Crippen molar-refractivity contribution < 1.29 is 4.79 Å². The van der Waals surface area contributed by atoms with Gasteiger partial charge in [-0.2, -0.15) is 0 Å². The molecule has 0 aliphatic heterocycles. The first-order chi connectivity index (χ1) is 14.3. The Morgan fingerprint density at radius 3 is 2.27 bits per heavy atom. The van der Waals surface area contributed by atoms with Gasteiger partial charge in [-0.05, 0) is 46.8 Å². The molecule has 1 amide bonds. The highest BCUT2D eigenvalue weighted by atomic mass is 35.6. The Morgan fingerprint density at radius 1 is 0.900 bits per heavy atom. The van der Waals surface area contributed by atoms with Crippen molar-refractivity contribution in [3.63, 3.8) is 0 Å². The van der Waals surface area contributed by atoms with E-state index >= 15 is 0 Å². The number of amides is 1. The van der Waals surface area contributed by atoms with Crippen molar-refractivity contribution in [2.75, 3.05) is 5.32 Å². The maximum Gasteiger partial charge on any atom is 0.245 e. The normalized spacial score (nSPS) is 12.5. The molecule has 0 fully saturated rings. The fourth-order valence-electron chi connectivity index (χ4n) is 2.69. The molecule has 0 unspecified atom stereocenters. The first kappa shape index (κ1) is 22.4. The second-order valence-corrected chi connectivity index (χ2v) is 9.16. The minimum Gasteiger partial charge on any atom is -0.339 e. The van der Waals surface area contributed by atoms with Gasteiger partial charge < -0.3 is 16.0 Å². The van der Waals surface area contributed by atoms with E-state index in [1.807, 2.05) is 72.8 Å². The first-order valence-electron chi connectivity index (χ1n) is 8.98. The molecule has 154 valence electrons. The molecule has 3 N–H and O–H groups in total. The number of carbonyl (C=O) groups excluding carboxylic acids is 1. The maximum atomic E-state index is 12.3. The number of fused-ring (bicyclic) bond motifs is 1. The number of thiocarbonyl (C=S) groups is 1. The molecule has 0 saturated heterocycles. The van der Waals surface area contributed by atoms with Gasteiger partial charge in [0.1, 0.15) is 6.17 Å². The van der Waals surface area contributed by atoms with Gasteiger partial charge in [0.05, 0.1) is 0 Å². The fourth-order valence-corrected chi connectivity index (χ4v) is 3.25. The zero-order valence-corrected chi connectivity index (χ0v) is 18.7. The standard InChI is InChI=1S/C22H18Cl3N3OS/c23-22(24,25)20(27-19(29)13-10-15-6-2-1-3-7-15)28-21(30)26-18-12-11-16-8-4-5-9-17(16)14-18/h1-14,20H,(H,27,29)(H2,26,28,30)/b13-10+/t20-/m1/s1. The summed E-state index contributed by atoms with van der Waals surface area (Å²) in [6.07, 6.45) is 1.98. The number of nitrogens with one attached hydrogen (secondary N) is 3. The van der Waals surface area contributed by atoms with Crippen molar-refractivity contribution in [2.45, 2.75) is 9.96 Å². The Hall–Kier alpha value is -2.31. The van der Waals surface area contributed by atoms with Gasteiger partial charge in [0.15, 0.2) is 5.11 Å². The number of carbonyl (C=O) groups is 1. The lowest BCUT2D eigenvalue weighted by molar-refractivity contribution is -0.117. The third kappa shape index (κ3) is 6.61. The smallest absolute Gasteiger partial charge is 0.245 e. The molecule has 30 heavy (non-hydrogen) atoms. The number of rotatable bonds is 5. The molecule has 0 aromatic heterocycles. The molecule has 0 radical (unpaired) electrons. The summed E-state index contributed by atoms with van der Waals surface area (Å²) in [4.78, 5) is 12.3. The molecule has 0 aliphatic carbocycles. The Labute approximate surface area is 195 Å². The molecule has 0 aliphatic rings. The van der Waals surface area contributed by atoms with Crippen LogP contribution < -0.4 is 16.0 Å². The van der Waals surface area contributed by atoms with Crippen LogP contribution in [0.3, 0.4) is 0 Å². The molecule has 0 bridgehead atoms. The van der Waals surface area contributed by atoms with Crippen molar-refractivity contribution in [1.29, 1.82) is 0 Å². The zero-order valence-electron chi connectivity index (χ0n) is 15.6. The van der Waals surface area contributed by atoms with Crippen molar-refractivity contribution in [1.82, 2.24) is 10.6 Å². The predicted octanol–water partition coefficient (Wildman–Crippen LogP) is 5.65. The molecule has 0 heterocycles. The second kappa shape index (κ2) is 10.1. The zero-order chi connectivity index (χ0) is 21.6. The number of halogens is 3. The topological polar surface area (TPSA) is 53.2 Å². The summed E-state index contributed by atoms with van der Waals surface area (Å²) in [5.41, 5.74) is 1.64. The van der Waals surface area contributed by atoms with Crippen LogP contribution in [-0.4, -0.2) is 21.0 Å². The Balaban J connectivity index is 1.64. The van der Waals surface area contributed by atoms with E-state index in [4.69, 9.17) is 47.0 Å². The summed E-state index contributed by atoms with van der Waals surface area (Å²) >= 11 is 23.4. The fraction of sp³-hybridized carbons (Fsp3) is 0.0909. The van der Waals surface area contributed by atoms with Crippen molar-refractivity contribution in [3.8, 4) is 0 Å². The van der Waals surface area contributed by atoms with Crippen molar-refractivity contribution >= 4 is 80.6 Å². The summed E-state index contributed by atoms with van der Waals surface area (Å²) in [7, 11) is 0. The predicted molar refractivity (Wildman–Crippen MR) is 131 cm³/mol. The van der Waals surface area contributed by atoms with Crippen LogP contribution in [0.25, 0.3) is 16.8 Å². The number of benzene rings is 3. The van der Waals surface area contributed by atoms with Crippen LogP contribution in [0.15, 0.2) is 78.9 Å². The lowest BCUT2D eigenvalue weighted by Gasteiger charge is -2.27. The minimum atomic E-state index is -1.83. The van der Waals surface area contributed by atoms with Gasteiger partial charge in [-0.25, -0.2) is 0 Å². The summed E-state index contributed by atoms with van der Waals surface area (Å²) in [5.74, 6) is -0.434. The van der Waals surface area contributed by atoms with E-state index in [0.717, 1.165) is 22.0 Å². The summed E-state index contributed by atoms with van der Waals surface area (Å²) in [5, 5.41) is 10.9. The Bertz CT molecular complexity index is 1070. The average Bonchev–Trinajstić information content (AvgIpc) is 2.72. The van der Waals surface area contributed by atoms with E-state index < -0.39 is 15.9 Å². The number of anilines is 1. The summed E-state index contributed by atoms with van der Waals surface area (Å²) in [6, 6.07) is 23.2. The van der Waals surface area contributed by atoms with Crippen LogP contribution in [0.2, 0.25) is 0 Å². The van der Waals surface area contributed by atoms with E-state index in [1.165, 1.54) is 6.08 Å². The van der Waals surface area contributed by atoms with E-state index in [1.54, 1.807) is 6.08 Å². The van der Waals surface area contributed by atoms with Gasteiger partial charge in [0.25, 0.3) is 0 Å². The maximum absolute atomic E-state index is 12.3. The molecule has 0 saturated carbocycles. The molecule has 4 nitrogen and oxygen atoms in total. The third-order valence-corrected chi connectivity index (χ3v) is 5.00. The molecule has 3 rings (SSSR count). The molecule has 3 aromatic carbocycles. The molecule has 8 heteroatoms. The van der Waals surface area contributed by atoms with Gasteiger partial charge in [-0.15, -0.1) is 0 Å². The van der Waals surface area contributed by atoms with Gasteiger partial charge in [0.2, 0.25) is 9.70 Å². The number of hydrogen-bond donors (Lipinski definition) is 3. The van der Waals surface area contributed by atoms with Crippen LogP contribution in [0.1, 0.15) is 5.56 Å². The molecular formula is C22H18Cl3N3OS. The van der Waals surface area contributed by atoms with Crippen LogP contribution in [0.4, 0.5) is 5.69 Å². The van der Waals surface area contributed by atoms with Crippen LogP contribution in [0.5, 0.6) is 0 Å². The summed E-state index contributed by atoms with van der Waals surface area (Å²) < 4.78 is -1.83. The van der Waals surface area contributed by atoms with Crippen LogP contribution >= 0.6 is 47.0 Å². The summed E-state index contributed by atoms with van der Waals surface area (Å²) in [6.45, 7) is 0. The highest BCUT2D eigenvalue weighted by Gasteiger charge is 2.34. The van der Waals surface area contributed by atoms with Crippen LogP contribution in [0, 0.1) is 0 Å². The van der Waals surface area contributed by atoms with E-state index in [-0.39, 0.29) is 5.11 Å². The van der Waals surface area contributed by atoms with Crippen molar-refractivity contribution in [2.24, 2.45) is 0 Å². The van der Waals surface area contributed by atoms with Crippen molar-refractivity contribution in [3.05, 3.63) is 84.4 Å². The van der Waals surface area contributed by atoms with Gasteiger partial charge in [0, 0.05) is 11.8 Å². The quantitative estimate of drug-likeness (QED) is 0.192. The van der Waals surface area contributed by atoms with Gasteiger partial charge in [-0.1, -0.05) is 95.5 Å². The lowest BCUT2D eigenvalue weighted by atomic mass is 10.1. The largest absolute Gasteiger partial charge is 0.339 e. The molecule has 1 atom stereocenters. The van der Waals surface area contributed by atoms with E-state index in [0.29, 0.717) is 0 Å². The Kier molecular flexibility index (Phi) is 7.56. The van der Waals surface area contributed by atoms with Gasteiger partial charge in [-0.3, -0.25) is 4.79 Å². The monoisotopic (exact) mass is 477 g/mol. The first-order valence-corrected chi connectivity index (χ1v) is 10.5. The molecular weight excluding hydrogens is 461 g/mol. The minimum absolute atomic E-state index is 0.203. The van der Waals surface area contributed by atoms with Gasteiger partial charge >= 0.3 is 0 Å². The highest BCUT2D eigenvalue weighted by molar-refractivity contribution is 7.80.